The molecule has 0 amide bonds. The molecule has 0 spiro atoms. The molecule has 2 heterocycles. The fourth-order valence-corrected chi connectivity index (χ4v) is 2.17. The smallest absolute Gasteiger partial charge is 0.0857 e. The molecule has 4 heteroatoms. The summed E-state index contributed by atoms with van der Waals surface area (Å²) in [6.45, 7) is 5.07. The normalized spacial score (nSPS) is 23.8. The van der Waals surface area contributed by atoms with Crippen LogP contribution in [0, 0.1) is 0 Å². The summed E-state index contributed by atoms with van der Waals surface area (Å²) >= 11 is 0. The molecule has 3 atom stereocenters. The SMILES string of the molecule is CCC(C)n1ccc(CC(O)C2CCCO2)n1. The zero-order chi connectivity index (χ0) is 12.3. The Morgan fingerprint density at radius 1 is 1.65 bits per heavy atom. The van der Waals surface area contributed by atoms with Crippen molar-refractivity contribution in [3.8, 4) is 0 Å². The van der Waals surface area contributed by atoms with Gasteiger partial charge in [-0.15, -0.1) is 0 Å². The lowest BCUT2D eigenvalue weighted by Crippen LogP contribution is -2.27. The van der Waals surface area contributed by atoms with E-state index in [9.17, 15) is 5.11 Å². The van der Waals surface area contributed by atoms with E-state index in [1.54, 1.807) is 0 Å². The van der Waals surface area contributed by atoms with E-state index in [4.69, 9.17) is 4.74 Å². The molecule has 3 unspecified atom stereocenters. The molecule has 1 aromatic heterocycles. The molecule has 1 aromatic rings. The molecule has 1 saturated heterocycles. The van der Waals surface area contributed by atoms with Crippen LogP contribution in [-0.4, -0.2) is 33.7 Å². The maximum Gasteiger partial charge on any atom is 0.0857 e. The van der Waals surface area contributed by atoms with Gasteiger partial charge < -0.3 is 9.84 Å². The second-order valence-corrected chi connectivity index (χ2v) is 4.87. The van der Waals surface area contributed by atoms with Gasteiger partial charge in [-0.2, -0.15) is 5.10 Å². The van der Waals surface area contributed by atoms with Gasteiger partial charge in [0.1, 0.15) is 0 Å². The third-order valence-corrected chi connectivity index (χ3v) is 3.52. The first-order chi connectivity index (χ1) is 8.20. The molecule has 96 valence electrons. The predicted octanol–water partition coefficient (Wildman–Crippen LogP) is 1.94. The Balaban J connectivity index is 1.91. The van der Waals surface area contributed by atoms with Crippen LogP contribution in [0.5, 0.6) is 0 Å². The van der Waals surface area contributed by atoms with E-state index < -0.39 is 6.10 Å². The van der Waals surface area contributed by atoms with E-state index >= 15 is 0 Å². The van der Waals surface area contributed by atoms with E-state index in [2.05, 4.69) is 18.9 Å². The van der Waals surface area contributed by atoms with Crippen molar-refractivity contribution in [2.24, 2.45) is 0 Å². The zero-order valence-corrected chi connectivity index (χ0v) is 10.7. The van der Waals surface area contributed by atoms with Crippen LogP contribution in [0.25, 0.3) is 0 Å². The molecule has 0 aromatic carbocycles. The molecule has 1 aliphatic heterocycles. The van der Waals surface area contributed by atoms with Crippen LogP contribution in [0.3, 0.4) is 0 Å². The van der Waals surface area contributed by atoms with Crippen molar-refractivity contribution < 1.29 is 9.84 Å². The Labute approximate surface area is 103 Å². The van der Waals surface area contributed by atoms with Crippen LogP contribution in [0.2, 0.25) is 0 Å². The fourth-order valence-electron chi connectivity index (χ4n) is 2.17. The second kappa shape index (κ2) is 5.65. The number of rotatable bonds is 5. The lowest BCUT2D eigenvalue weighted by Gasteiger charge is -2.16. The summed E-state index contributed by atoms with van der Waals surface area (Å²) in [6, 6.07) is 2.41. The van der Waals surface area contributed by atoms with Gasteiger partial charge in [-0.25, -0.2) is 0 Å². The van der Waals surface area contributed by atoms with Crippen LogP contribution in [0.1, 0.15) is 44.8 Å². The first-order valence-electron chi connectivity index (χ1n) is 6.54. The highest BCUT2D eigenvalue weighted by Gasteiger charge is 2.24. The van der Waals surface area contributed by atoms with Gasteiger partial charge in [0.05, 0.1) is 17.9 Å². The average Bonchev–Trinajstić information content (AvgIpc) is 2.98. The van der Waals surface area contributed by atoms with Crippen molar-refractivity contribution in [2.45, 2.75) is 57.8 Å². The maximum absolute atomic E-state index is 10.0. The number of nitrogens with zero attached hydrogens (tertiary/aromatic N) is 2. The lowest BCUT2D eigenvalue weighted by molar-refractivity contribution is -0.00129. The minimum atomic E-state index is -0.419. The summed E-state index contributed by atoms with van der Waals surface area (Å²) < 4.78 is 7.45. The molecule has 1 N–H and O–H groups in total. The molecule has 2 rings (SSSR count). The van der Waals surface area contributed by atoms with Gasteiger partial charge in [-0.05, 0) is 32.3 Å². The van der Waals surface area contributed by atoms with Crippen LogP contribution >= 0.6 is 0 Å². The Bertz CT molecular complexity index is 345. The monoisotopic (exact) mass is 238 g/mol. The molecule has 17 heavy (non-hydrogen) atoms. The van der Waals surface area contributed by atoms with Crippen LogP contribution in [-0.2, 0) is 11.2 Å². The molecule has 0 bridgehead atoms. The first-order valence-corrected chi connectivity index (χ1v) is 6.54. The molecule has 4 nitrogen and oxygen atoms in total. The third kappa shape index (κ3) is 3.07. The van der Waals surface area contributed by atoms with Gasteiger partial charge in [0.25, 0.3) is 0 Å². The van der Waals surface area contributed by atoms with Crippen LogP contribution in [0.4, 0.5) is 0 Å². The second-order valence-electron chi connectivity index (χ2n) is 4.87. The van der Waals surface area contributed by atoms with Crippen LogP contribution in [0.15, 0.2) is 12.3 Å². The Kier molecular flexibility index (Phi) is 4.18. The molecule has 0 radical (unpaired) electrons. The fraction of sp³-hybridized carbons (Fsp3) is 0.769. The van der Waals surface area contributed by atoms with E-state index in [-0.39, 0.29) is 6.10 Å². The predicted molar refractivity (Wildman–Crippen MR) is 65.9 cm³/mol. The van der Waals surface area contributed by atoms with Crippen molar-refractivity contribution in [2.75, 3.05) is 6.61 Å². The van der Waals surface area contributed by atoms with E-state index in [1.807, 2.05) is 16.9 Å². The van der Waals surface area contributed by atoms with Gasteiger partial charge >= 0.3 is 0 Å². The topological polar surface area (TPSA) is 47.3 Å². The number of aliphatic hydroxyl groups excluding tert-OH is 1. The van der Waals surface area contributed by atoms with E-state index in [1.165, 1.54) is 0 Å². The van der Waals surface area contributed by atoms with Gasteiger partial charge in [-0.1, -0.05) is 6.92 Å². The highest BCUT2D eigenvalue weighted by atomic mass is 16.5. The summed E-state index contributed by atoms with van der Waals surface area (Å²) in [5, 5.41) is 14.5. The first kappa shape index (κ1) is 12.6. The van der Waals surface area contributed by atoms with Gasteiger partial charge in [0.15, 0.2) is 0 Å². The van der Waals surface area contributed by atoms with Crippen LogP contribution < -0.4 is 0 Å². The van der Waals surface area contributed by atoms with Crippen molar-refractivity contribution >= 4 is 0 Å². The Morgan fingerprint density at radius 3 is 3.12 bits per heavy atom. The highest BCUT2D eigenvalue weighted by Crippen LogP contribution is 2.18. The molecule has 0 saturated carbocycles. The number of ether oxygens (including phenoxy) is 1. The summed E-state index contributed by atoms with van der Waals surface area (Å²) in [5.41, 5.74) is 0.952. The van der Waals surface area contributed by atoms with E-state index in [0.29, 0.717) is 12.5 Å². The van der Waals surface area contributed by atoms with Crippen molar-refractivity contribution in [3.05, 3.63) is 18.0 Å². The van der Waals surface area contributed by atoms with Gasteiger partial charge in [-0.3, -0.25) is 4.68 Å². The molecule has 1 aliphatic rings. The molecular formula is C13H22N2O2. The lowest BCUT2D eigenvalue weighted by atomic mass is 10.1. The quantitative estimate of drug-likeness (QED) is 0.852. The van der Waals surface area contributed by atoms with Crippen molar-refractivity contribution in [1.29, 1.82) is 0 Å². The van der Waals surface area contributed by atoms with E-state index in [0.717, 1.165) is 31.6 Å². The van der Waals surface area contributed by atoms with Gasteiger partial charge in [0.2, 0.25) is 0 Å². The standard InChI is InChI=1S/C13H22N2O2/c1-3-10(2)15-7-6-11(14-15)9-12(16)13-5-4-8-17-13/h6-7,10,12-13,16H,3-5,8-9H2,1-2H3. The Hall–Kier alpha value is -0.870. The van der Waals surface area contributed by atoms with Gasteiger partial charge in [0, 0.05) is 25.3 Å². The van der Waals surface area contributed by atoms with Crippen molar-refractivity contribution in [1.82, 2.24) is 9.78 Å². The largest absolute Gasteiger partial charge is 0.390 e. The maximum atomic E-state index is 10.0. The minimum absolute atomic E-state index is 0.00347. The summed E-state index contributed by atoms with van der Waals surface area (Å²) in [7, 11) is 0. The van der Waals surface area contributed by atoms with Crippen molar-refractivity contribution in [3.63, 3.8) is 0 Å². The minimum Gasteiger partial charge on any atom is -0.390 e. The Morgan fingerprint density at radius 2 is 2.47 bits per heavy atom. The third-order valence-electron chi connectivity index (χ3n) is 3.52. The number of aliphatic hydroxyl groups is 1. The molecule has 0 aliphatic carbocycles. The number of aromatic nitrogens is 2. The number of hydrogen-bond donors (Lipinski definition) is 1. The average molecular weight is 238 g/mol. The highest BCUT2D eigenvalue weighted by molar-refractivity contribution is 5.02. The molecule has 1 fully saturated rings. The summed E-state index contributed by atoms with van der Waals surface area (Å²) in [5.74, 6) is 0. The summed E-state index contributed by atoms with van der Waals surface area (Å²) in [6.07, 6.45) is 5.26. The molecular weight excluding hydrogens is 216 g/mol. The number of hydrogen-bond acceptors (Lipinski definition) is 3. The zero-order valence-electron chi connectivity index (χ0n) is 10.7. The summed E-state index contributed by atoms with van der Waals surface area (Å²) in [4.78, 5) is 0.